The lowest BCUT2D eigenvalue weighted by molar-refractivity contribution is 0.574. The van der Waals surface area contributed by atoms with E-state index in [1.54, 1.807) is 12.1 Å². The van der Waals surface area contributed by atoms with Crippen molar-refractivity contribution in [2.75, 3.05) is 0 Å². The van der Waals surface area contributed by atoms with Crippen molar-refractivity contribution in [3.05, 3.63) is 63.4 Å². The van der Waals surface area contributed by atoms with Crippen LogP contribution in [-0.4, -0.2) is 9.97 Å². The maximum Gasteiger partial charge on any atom is 0.129 e. The molecule has 0 atom stereocenters. The molecule has 0 unspecified atom stereocenters. The van der Waals surface area contributed by atoms with Crippen molar-refractivity contribution >= 4 is 34.2 Å². The Kier molecular flexibility index (Phi) is 3.36. The molecule has 6 heteroatoms. The van der Waals surface area contributed by atoms with Gasteiger partial charge in [-0.25, -0.2) is 13.8 Å². The summed E-state index contributed by atoms with van der Waals surface area (Å²) in [6.07, 6.45) is 0.232. The summed E-state index contributed by atoms with van der Waals surface area (Å²) in [5.41, 5.74) is 1.73. The SMILES string of the molecule is Fc1ccc(Cc2nc3cc(Cl)c(Cl)cc3[nH]2)c(F)c1. The van der Waals surface area contributed by atoms with Crippen molar-refractivity contribution in [2.45, 2.75) is 6.42 Å². The number of rotatable bonds is 2. The van der Waals surface area contributed by atoms with E-state index >= 15 is 0 Å². The number of hydrogen-bond donors (Lipinski definition) is 1. The van der Waals surface area contributed by atoms with Crippen LogP contribution in [0, 0.1) is 11.6 Å². The van der Waals surface area contributed by atoms with Crippen LogP contribution in [0.25, 0.3) is 11.0 Å². The Morgan fingerprint density at radius 3 is 2.55 bits per heavy atom. The summed E-state index contributed by atoms with van der Waals surface area (Å²) in [6.45, 7) is 0. The molecular formula is C14H8Cl2F2N2. The third-order valence-corrected chi connectivity index (χ3v) is 3.67. The van der Waals surface area contributed by atoms with Crippen LogP contribution in [0.1, 0.15) is 11.4 Å². The van der Waals surface area contributed by atoms with Crippen LogP contribution in [0.15, 0.2) is 30.3 Å². The van der Waals surface area contributed by atoms with E-state index in [4.69, 9.17) is 23.2 Å². The molecule has 1 heterocycles. The van der Waals surface area contributed by atoms with Gasteiger partial charge in [-0.3, -0.25) is 0 Å². The molecular weight excluding hydrogens is 305 g/mol. The summed E-state index contributed by atoms with van der Waals surface area (Å²) in [5.74, 6) is -0.639. The van der Waals surface area contributed by atoms with Crippen LogP contribution in [-0.2, 0) is 6.42 Å². The summed E-state index contributed by atoms with van der Waals surface area (Å²) in [4.78, 5) is 7.35. The number of nitrogens with zero attached hydrogens (tertiary/aromatic N) is 1. The molecule has 1 N–H and O–H groups in total. The number of imidazole rings is 1. The Hall–Kier alpha value is -1.65. The Morgan fingerprint density at radius 2 is 1.80 bits per heavy atom. The van der Waals surface area contributed by atoms with Gasteiger partial charge >= 0.3 is 0 Å². The Balaban J connectivity index is 1.98. The van der Waals surface area contributed by atoms with Gasteiger partial charge in [0, 0.05) is 12.5 Å². The van der Waals surface area contributed by atoms with Crippen molar-refractivity contribution in [2.24, 2.45) is 0 Å². The second-order valence-electron chi connectivity index (χ2n) is 4.38. The zero-order valence-corrected chi connectivity index (χ0v) is 11.6. The fraction of sp³-hybridized carbons (Fsp3) is 0.0714. The largest absolute Gasteiger partial charge is 0.342 e. The second-order valence-corrected chi connectivity index (χ2v) is 5.19. The average molecular weight is 313 g/mol. The maximum atomic E-state index is 13.6. The lowest BCUT2D eigenvalue weighted by Gasteiger charge is -2.00. The first-order chi connectivity index (χ1) is 9.52. The van der Waals surface area contributed by atoms with Gasteiger partial charge in [0.05, 0.1) is 21.1 Å². The molecule has 20 heavy (non-hydrogen) atoms. The quantitative estimate of drug-likeness (QED) is 0.727. The Bertz CT molecular complexity index is 760. The minimum Gasteiger partial charge on any atom is -0.342 e. The number of benzene rings is 2. The molecule has 0 saturated heterocycles. The molecule has 0 amide bonds. The number of hydrogen-bond acceptors (Lipinski definition) is 1. The number of nitrogens with one attached hydrogen (secondary N) is 1. The van der Waals surface area contributed by atoms with Gasteiger partial charge in [-0.1, -0.05) is 29.3 Å². The molecule has 0 spiro atoms. The van der Waals surface area contributed by atoms with Gasteiger partial charge in [-0.05, 0) is 23.8 Å². The first-order valence-electron chi connectivity index (χ1n) is 5.80. The standard InChI is InChI=1S/C14H8Cl2F2N2/c15-9-5-12-13(6-10(9)16)20-14(19-12)3-7-1-2-8(17)4-11(7)18/h1-2,4-6H,3H2,(H,19,20). The monoisotopic (exact) mass is 312 g/mol. The van der Waals surface area contributed by atoms with E-state index < -0.39 is 11.6 Å². The minimum atomic E-state index is -0.602. The van der Waals surface area contributed by atoms with E-state index in [-0.39, 0.29) is 6.42 Å². The molecule has 0 aliphatic heterocycles. The number of aromatic nitrogens is 2. The van der Waals surface area contributed by atoms with Gasteiger partial charge in [0.25, 0.3) is 0 Å². The number of halogens is 4. The van der Waals surface area contributed by atoms with Crippen molar-refractivity contribution < 1.29 is 8.78 Å². The molecule has 0 fully saturated rings. The van der Waals surface area contributed by atoms with Crippen LogP contribution in [0.5, 0.6) is 0 Å². The molecule has 3 rings (SSSR count). The molecule has 0 aliphatic rings. The number of fused-ring (bicyclic) bond motifs is 1. The molecule has 2 aromatic carbocycles. The van der Waals surface area contributed by atoms with Crippen LogP contribution >= 0.6 is 23.2 Å². The summed E-state index contributed by atoms with van der Waals surface area (Å²) in [6, 6.07) is 6.77. The van der Waals surface area contributed by atoms with Crippen LogP contribution in [0.2, 0.25) is 10.0 Å². The minimum absolute atomic E-state index is 0.232. The lowest BCUT2D eigenvalue weighted by Crippen LogP contribution is -1.95. The van der Waals surface area contributed by atoms with E-state index in [9.17, 15) is 8.78 Å². The fourth-order valence-electron chi connectivity index (χ4n) is 1.99. The highest BCUT2D eigenvalue weighted by atomic mass is 35.5. The normalized spacial score (nSPS) is 11.2. The summed E-state index contributed by atoms with van der Waals surface area (Å²) in [5, 5.41) is 0.826. The lowest BCUT2D eigenvalue weighted by atomic mass is 10.1. The number of aromatic amines is 1. The molecule has 0 saturated carbocycles. The van der Waals surface area contributed by atoms with Gasteiger partial charge in [0.15, 0.2) is 0 Å². The second kappa shape index (κ2) is 5.04. The van der Waals surface area contributed by atoms with E-state index in [0.717, 1.165) is 11.6 Å². The van der Waals surface area contributed by atoms with Crippen molar-refractivity contribution in [3.63, 3.8) is 0 Å². The highest BCUT2D eigenvalue weighted by Gasteiger charge is 2.10. The Labute approximate surface area is 123 Å². The summed E-state index contributed by atoms with van der Waals surface area (Å²) < 4.78 is 26.4. The molecule has 0 radical (unpaired) electrons. The zero-order chi connectivity index (χ0) is 14.3. The van der Waals surface area contributed by atoms with Crippen LogP contribution in [0.3, 0.4) is 0 Å². The highest BCUT2D eigenvalue weighted by molar-refractivity contribution is 6.42. The van der Waals surface area contributed by atoms with Crippen molar-refractivity contribution in [3.8, 4) is 0 Å². The first kappa shape index (κ1) is 13.3. The van der Waals surface area contributed by atoms with E-state index in [1.807, 2.05) is 0 Å². The zero-order valence-electron chi connectivity index (χ0n) is 10.1. The van der Waals surface area contributed by atoms with Gasteiger partial charge in [-0.2, -0.15) is 0 Å². The molecule has 0 bridgehead atoms. The number of H-pyrrole nitrogens is 1. The van der Waals surface area contributed by atoms with Gasteiger partial charge in [0.2, 0.25) is 0 Å². The van der Waals surface area contributed by atoms with Crippen LogP contribution < -0.4 is 0 Å². The topological polar surface area (TPSA) is 28.7 Å². The molecule has 102 valence electrons. The van der Waals surface area contributed by atoms with Crippen molar-refractivity contribution in [1.82, 2.24) is 9.97 Å². The third-order valence-electron chi connectivity index (χ3n) is 2.95. The maximum absolute atomic E-state index is 13.6. The van der Waals surface area contributed by atoms with Crippen LogP contribution in [0.4, 0.5) is 8.78 Å². The Morgan fingerprint density at radius 1 is 1.05 bits per heavy atom. The first-order valence-corrected chi connectivity index (χ1v) is 6.56. The van der Waals surface area contributed by atoms with E-state index in [0.29, 0.717) is 26.9 Å². The predicted octanol–water partition coefficient (Wildman–Crippen LogP) is 4.74. The molecule has 3 aromatic rings. The molecule has 1 aromatic heterocycles. The van der Waals surface area contributed by atoms with E-state index in [2.05, 4.69) is 9.97 Å². The molecule has 2 nitrogen and oxygen atoms in total. The third kappa shape index (κ3) is 2.49. The predicted molar refractivity (Wildman–Crippen MR) is 75.3 cm³/mol. The van der Waals surface area contributed by atoms with Crippen molar-refractivity contribution in [1.29, 1.82) is 0 Å². The fourth-order valence-corrected chi connectivity index (χ4v) is 2.31. The van der Waals surface area contributed by atoms with Gasteiger partial charge in [0.1, 0.15) is 17.5 Å². The summed E-state index contributed by atoms with van der Waals surface area (Å²) >= 11 is 11.8. The van der Waals surface area contributed by atoms with Gasteiger partial charge in [-0.15, -0.1) is 0 Å². The smallest absolute Gasteiger partial charge is 0.129 e. The van der Waals surface area contributed by atoms with Gasteiger partial charge < -0.3 is 4.98 Å². The average Bonchev–Trinajstić information content (AvgIpc) is 2.75. The van der Waals surface area contributed by atoms with E-state index in [1.165, 1.54) is 12.1 Å². The summed E-state index contributed by atoms with van der Waals surface area (Å²) in [7, 11) is 0. The molecule has 0 aliphatic carbocycles. The highest BCUT2D eigenvalue weighted by Crippen LogP contribution is 2.27.